The molecule has 0 aliphatic carbocycles. The van der Waals surface area contributed by atoms with E-state index in [1.165, 1.54) is 0 Å². The molecule has 0 bridgehead atoms. The Bertz CT molecular complexity index is 50.9. The Morgan fingerprint density at radius 2 is 1.57 bits per heavy atom. The molecule has 0 saturated carbocycles. The highest BCUT2D eigenvalue weighted by Crippen LogP contribution is 1.39. The van der Waals surface area contributed by atoms with E-state index in [4.69, 9.17) is 5.21 Å². The lowest BCUT2D eigenvalue weighted by Crippen LogP contribution is -2.21. The van der Waals surface area contributed by atoms with Crippen LogP contribution in [0.1, 0.15) is 0 Å². The molecule has 0 aliphatic heterocycles. The van der Waals surface area contributed by atoms with Crippen molar-refractivity contribution in [1.29, 1.82) is 0 Å². The molecule has 0 unspecified atom stereocenters. The summed E-state index contributed by atoms with van der Waals surface area (Å²) in [4.78, 5) is 0. The number of nitrogens with zero attached hydrogens (tertiary/aromatic N) is 1. The standard InChI is InChI=1S/CH5N3O.ClH.H2O/c2-1(3)4-5;;/h5H,(H4,2,3,4);1H;1H2. The molecule has 0 amide bonds. The number of rotatable bonds is 0. The maximum absolute atomic E-state index is 7.48. The fraction of sp³-hybridized carbons (Fsp3) is 0. The number of halogens is 1. The van der Waals surface area contributed by atoms with Crippen LogP contribution in [0.25, 0.3) is 0 Å². The number of guanidine groups is 1. The van der Waals surface area contributed by atoms with E-state index >= 15 is 0 Å². The van der Waals surface area contributed by atoms with E-state index in [0.717, 1.165) is 0 Å². The molecule has 0 aliphatic rings. The second kappa shape index (κ2) is 9.01. The Labute approximate surface area is 46.7 Å². The first-order valence-corrected chi connectivity index (χ1v) is 1.00. The van der Waals surface area contributed by atoms with Crippen LogP contribution in [0.15, 0.2) is 5.16 Å². The van der Waals surface area contributed by atoms with Gasteiger partial charge in [-0.15, -0.1) is 12.4 Å². The molecule has 6 heteroatoms. The second-order valence-electron chi connectivity index (χ2n) is 0.525. The van der Waals surface area contributed by atoms with E-state index in [0.29, 0.717) is 0 Å². The summed E-state index contributed by atoms with van der Waals surface area (Å²) in [6.45, 7) is 0. The van der Waals surface area contributed by atoms with Crippen molar-refractivity contribution in [3.8, 4) is 0 Å². The fourth-order valence-electron chi connectivity index (χ4n) is 0. The van der Waals surface area contributed by atoms with Gasteiger partial charge in [0.15, 0.2) is 0 Å². The van der Waals surface area contributed by atoms with Gasteiger partial charge in [0.25, 0.3) is 0 Å². The number of hydrogen-bond donors (Lipinski definition) is 3. The largest absolute Gasteiger partial charge is 0.412 e. The molecule has 5 nitrogen and oxygen atoms in total. The minimum Gasteiger partial charge on any atom is -0.412 e. The van der Waals surface area contributed by atoms with Crippen molar-refractivity contribution in [1.82, 2.24) is 0 Å². The summed E-state index contributed by atoms with van der Waals surface area (Å²) in [5, 5.41) is 9.84. The lowest BCUT2D eigenvalue weighted by molar-refractivity contribution is 0.317. The molecule has 0 saturated heterocycles. The maximum atomic E-state index is 7.48. The average Bonchev–Trinajstić information content (AvgIpc) is 1.38. The van der Waals surface area contributed by atoms with E-state index in [1.807, 2.05) is 0 Å². The van der Waals surface area contributed by atoms with Gasteiger partial charge in [-0.1, -0.05) is 5.16 Å². The lowest BCUT2D eigenvalue weighted by atomic mass is 11.1. The molecule has 7 N–H and O–H groups in total. The predicted molar refractivity (Wildman–Crippen MR) is 28.5 cm³/mol. The molecule has 0 rings (SSSR count). The van der Waals surface area contributed by atoms with Gasteiger partial charge in [-0.3, -0.25) is 0 Å². The van der Waals surface area contributed by atoms with Crippen LogP contribution in [0, 0.1) is 0 Å². The molecule has 0 aromatic carbocycles. The van der Waals surface area contributed by atoms with Crippen LogP contribution in [0.4, 0.5) is 0 Å². The quantitative estimate of drug-likeness (QED) is 0.156. The van der Waals surface area contributed by atoms with E-state index in [-0.39, 0.29) is 23.8 Å². The second-order valence-corrected chi connectivity index (χ2v) is 0.525. The highest BCUT2D eigenvalue weighted by atomic mass is 35.5. The van der Waals surface area contributed by atoms with Crippen LogP contribution in [0.3, 0.4) is 0 Å². The van der Waals surface area contributed by atoms with E-state index < -0.39 is 0 Å². The Morgan fingerprint density at radius 1 is 1.43 bits per heavy atom. The first-order valence-electron chi connectivity index (χ1n) is 1.00. The van der Waals surface area contributed by atoms with Gasteiger partial charge in [0.2, 0.25) is 5.96 Å². The Hall–Kier alpha value is -0.680. The summed E-state index contributed by atoms with van der Waals surface area (Å²) in [6, 6.07) is 0. The van der Waals surface area contributed by atoms with E-state index in [1.54, 1.807) is 0 Å². The number of oxime groups is 1. The van der Waals surface area contributed by atoms with Gasteiger partial charge < -0.3 is 22.2 Å². The summed E-state index contributed by atoms with van der Waals surface area (Å²) in [5.41, 5.74) is 9.14. The Kier molecular flexibility index (Phi) is 20.9. The van der Waals surface area contributed by atoms with Gasteiger partial charge in [-0.05, 0) is 0 Å². The third-order valence-electron chi connectivity index (χ3n) is 0.115. The summed E-state index contributed by atoms with van der Waals surface area (Å²) in [7, 11) is 0. The third-order valence-corrected chi connectivity index (χ3v) is 0.115. The van der Waals surface area contributed by atoms with Crippen molar-refractivity contribution >= 4 is 18.4 Å². The fourth-order valence-corrected chi connectivity index (χ4v) is 0. The molecule has 0 radical (unpaired) electrons. The molecule has 0 fully saturated rings. The normalized spacial score (nSPS) is 4.57. The zero-order valence-electron chi connectivity index (χ0n) is 3.46. The molecule has 7 heavy (non-hydrogen) atoms. The van der Waals surface area contributed by atoms with Crippen LogP contribution in [0.5, 0.6) is 0 Å². The smallest absolute Gasteiger partial charge is 0.228 e. The van der Waals surface area contributed by atoms with Crippen LogP contribution in [-0.4, -0.2) is 16.6 Å². The van der Waals surface area contributed by atoms with Crippen molar-refractivity contribution in [2.75, 3.05) is 0 Å². The summed E-state index contributed by atoms with van der Waals surface area (Å²) in [6.07, 6.45) is 0. The number of hydrogen-bond acceptors (Lipinski definition) is 2. The summed E-state index contributed by atoms with van der Waals surface area (Å²) < 4.78 is 0. The van der Waals surface area contributed by atoms with Crippen molar-refractivity contribution in [2.24, 2.45) is 16.6 Å². The van der Waals surface area contributed by atoms with Crippen molar-refractivity contribution in [3.05, 3.63) is 0 Å². The third kappa shape index (κ3) is 33.7. The molecule has 0 spiro atoms. The molecule has 0 atom stereocenters. The van der Waals surface area contributed by atoms with Crippen LogP contribution in [0.2, 0.25) is 0 Å². The first-order chi connectivity index (χ1) is 2.27. The van der Waals surface area contributed by atoms with Gasteiger partial charge in [0, 0.05) is 0 Å². The monoisotopic (exact) mass is 129 g/mol. The first kappa shape index (κ1) is 16.2. The lowest BCUT2D eigenvalue weighted by Gasteiger charge is -1.75. The molecular weight excluding hydrogens is 121 g/mol. The van der Waals surface area contributed by atoms with Crippen LogP contribution in [-0.2, 0) is 0 Å². The zero-order valence-corrected chi connectivity index (χ0v) is 4.27. The van der Waals surface area contributed by atoms with Crippen LogP contribution < -0.4 is 11.5 Å². The topological polar surface area (TPSA) is 116 Å². The molecule has 46 valence electrons. The van der Waals surface area contributed by atoms with Crippen molar-refractivity contribution in [2.45, 2.75) is 0 Å². The highest BCUT2D eigenvalue weighted by molar-refractivity contribution is 5.85. The summed E-state index contributed by atoms with van der Waals surface area (Å²) in [5.74, 6) is -0.315. The van der Waals surface area contributed by atoms with E-state index in [9.17, 15) is 0 Å². The molecule has 0 aromatic rings. The Morgan fingerprint density at radius 3 is 1.57 bits per heavy atom. The summed E-state index contributed by atoms with van der Waals surface area (Å²) >= 11 is 0. The number of nitrogens with two attached hydrogens (primary N) is 2. The molecular formula is CH8ClN3O2. The Balaban J connectivity index is -0.0000000800. The van der Waals surface area contributed by atoms with Gasteiger partial charge >= 0.3 is 0 Å². The average molecular weight is 130 g/mol. The molecule has 0 aromatic heterocycles. The van der Waals surface area contributed by atoms with Crippen molar-refractivity contribution < 1.29 is 10.7 Å². The van der Waals surface area contributed by atoms with Gasteiger partial charge in [0.1, 0.15) is 0 Å². The maximum Gasteiger partial charge on any atom is 0.228 e. The van der Waals surface area contributed by atoms with Gasteiger partial charge in [-0.2, -0.15) is 0 Å². The van der Waals surface area contributed by atoms with Gasteiger partial charge in [0.05, 0.1) is 0 Å². The highest BCUT2D eigenvalue weighted by Gasteiger charge is 1.64. The minimum atomic E-state index is -0.315. The van der Waals surface area contributed by atoms with Gasteiger partial charge in [-0.25, -0.2) is 0 Å². The zero-order chi connectivity index (χ0) is 4.28. The van der Waals surface area contributed by atoms with Crippen molar-refractivity contribution in [3.63, 3.8) is 0 Å². The SMILES string of the molecule is Cl.NC(N)=NO.O. The molecule has 0 heterocycles. The van der Waals surface area contributed by atoms with Crippen LogP contribution >= 0.6 is 12.4 Å². The minimum absolute atomic E-state index is 0. The van der Waals surface area contributed by atoms with E-state index in [2.05, 4.69) is 16.6 Å². The predicted octanol–water partition coefficient (Wildman–Crippen LogP) is -1.75.